The summed E-state index contributed by atoms with van der Waals surface area (Å²) in [6.07, 6.45) is 1.64. The number of benzene rings is 2. The second-order valence-corrected chi connectivity index (χ2v) is 8.01. The number of aromatic nitrogens is 1. The third kappa shape index (κ3) is 3.24. The quantitative estimate of drug-likeness (QED) is 0.579. The molecule has 2 aromatic carbocycles. The zero-order valence-corrected chi connectivity index (χ0v) is 16.5. The fraction of sp³-hybridized carbons (Fsp3) is 0.105. The summed E-state index contributed by atoms with van der Waals surface area (Å²) in [7, 11) is 0. The molecule has 0 unspecified atom stereocenters. The van der Waals surface area contributed by atoms with Gasteiger partial charge in [0.25, 0.3) is 11.8 Å². The normalized spacial score (nSPS) is 14.2. The molecule has 7 heteroatoms. The Balaban J connectivity index is 1.70. The predicted molar refractivity (Wildman–Crippen MR) is 109 cm³/mol. The molecule has 0 fully saturated rings. The highest BCUT2D eigenvalue weighted by Gasteiger charge is 2.37. The van der Waals surface area contributed by atoms with Gasteiger partial charge >= 0.3 is 0 Å². The van der Waals surface area contributed by atoms with Crippen LogP contribution in [0.2, 0.25) is 0 Å². The van der Waals surface area contributed by atoms with Crippen molar-refractivity contribution in [2.45, 2.75) is 12.6 Å². The Hall–Kier alpha value is -2.26. The van der Waals surface area contributed by atoms with E-state index < -0.39 is 6.04 Å². The molecule has 1 N–H and O–H groups in total. The maximum absolute atomic E-state index is 13.0. The van der Waals surface area contributed by atoms with E-state index in [1.165, 1.54) is 11.3 Å². The number of hydrogen-bond acceptors (Lipinski definition) is 4. The average Bonchev–Trinajstić information content (AvgIpc) is 3.25. The van der Waals surface area contributed by atoms with Crippen molar-refractivity contribution >= 4 is 50.9 Å². The van der Waals surface area contributed by atoms with Crippen LogP contribution in [0.1, 0.15) is 27.5 Å². The summed E-state index contributed by atoms with van der Waals surface area (Å²) in [5.74, 6) is -0.385. The van der Waals surface area contributed by atoms with Crippen molar-refractivity contribution < 1.29 is 9.59 Å². The van der Waals surface area contributed by atoms with Gasteiger partial charge in [-0.2, -0.15) is 0 Å². The van der Waals surface area contributed by atoms with Crippen LogP contribution in [0, 0.1) is 3.57 Å². The maximum atomic E-state index is 13.0. The Bertz CT molecular complexity index is 960. The summed E-state index contributed by atoms with van der Waals surface area (Å²) in [5.41, 5.74) is 2.38. The molecule has 0 aliphatic carbocycles. The van der Waals surface area contributed by atoms with Crippen LogP contribution in [-0.2, 0) is 11.3 Å². The molecule has 0 saturated heterocycles. The van der Waals surface area contributed by atoms with E-state index in [2.05, 4.69) is 32.9 Å². The standard InChI is InChI=1S/C19H14IN3O2S/c20-14-7-6-13-11-23(18(25)15(13)10-14)16(12-4-2-1-3-5-12)17(24)22-19-21-8-9-26-19/h1-10,16H,11H2,(H,21,22,24)/t16-/m1/s1. The number of hydrogen-bond donors (Lipinski definition) is 1. The first-order valence-electron chi connectivity index (χ1n) is 7.98. The van der Waals surface area contributed by atoms with Crippen LogP contribution in [0.3, 0.4) is 0 Å². The largest absolute Gasteiger partial charge is 0.318 e. The smallest absolute Gasteiger partial charge is 0.255 e. The van der Waals surface area contributed by atoms with Gasteiger partial charge in [0.2, 0.25) is 0 Å². The van der Waals surface area contributed by atoms with Gasteiger partial charge in [0.1, 0.15) is 6.04 Å². The lowest BCUT2D eigenvalue weighted by Gasteiger charge is -2.27. The Morgan fingerprint density at radius 3 is 2.77 bits per heavy atom. The van der Waals surface area contributed by atoms with Gasteiger partial charge in [-0.15, -0.1) is 11.3 Å². The first kappa shape index (κ1) is 17.2. The molecule has 1 aromatic heterocycles. The van der Waals surface area contributed by atoms with Gasteiger partial charge in [0.05, 0.1) is 0 Å². The Kier molecular flexibility index (Phi) is 4.73. The third-order valence-corrected chi connectivity index (χ3v) is 5.60. The number of carbonyl (C=O) groups excluding carboxylic acids is 2. The first-order valence-corrected chi connectivity index (χ1v) is 9.94. The highest BCUT2D eigenvalue weighted by molar-refractivity contribution is 14.1. The second kappa shape index (κ2) is 7.16. The maximum Gasteiger partial charge on any atom is 0.255 e. The number of halogens is 1. The lowest BCUT2D eigenvalue weighted by molar-refractivity contribution is -0.120. The Morgan fingerprint density at radius 2 is 2.04 bits per heavy atom. The molecule has 1 atom stereocenters. The van der Waals surface area contributed by atoms with Gasteiger partial charge in [-0.25, -0.2) is 4.98 Å². The summed E-state index contributed by atoms with van der Waals surface area (Å²) >= 11 is 3.54. The van der Waals surface area contributed by atoms with Crippen LogP contribution < -0.4 is 5.32 Å². The van der Waals surface area contributed by atoms with Crippen LogP contribution in [0.15, 0.2) is 60.1 Å². The lowest BCUT2D eigenvalue weighted by atomic mass is 10.0. The van der Waals surface area contributed by atoms with Crippen molar-refractivity contribution in [3.63, 3.8) is 0 Å². The van der Waals surface area contributed by atoms with E-state index in [4.69, 9.17) is 0 Å². The number of carbonyl (C=O) groups is 2. The van der Waals surface area contributed by atoms with Crippen molar-refractivity contribution in [2.75, 3.05) is 5.32 Å². The van der Waals surface area contributed by atoms with E-state index in [1.807, 2.05) is 48.5 Å². The molecular formula is C19H14IN3O2S. The number of rotatable bonds is 4. The van der Waals surface area contributed by atoms with Crippen LogP contribution >= 0.6 is 33.9 Å². The van der Waals surface area contributed by atoms with Crippen LogP contribution in [0.5, 0.6) is 0 Å². The topological polar surface area (TPSA) is 62.3 Å². The molecule has 2 amide bonds. The summed E-state index contributed by atoms with van der Waals surface area (Å²) < 4.78 is 1.00. The van der Waals surface area contributed by atoms with Crippen molar-refractivity contribution in [2.24, 2.45) is 0 Å². The molecule has 130 valence electrons. The van der Waals surface area contributed by atoms with Gasteiger partial charge in [0, 0.05) is 27.3 Å². The monoisotopic (exact) mass is 475 g/mol. The van der Waals surface area contributed by atoms with Crippen molar-refractivity contribution in [3.05, 3.63) is 80.4 Å². The zero-order valence-electron chi connectivity index (χ0n) is 13.6. The molecule has 1 aliphatic heterocycles. The summed E-state index contributed by atoms with van der Waals surface area (Å²) in [5, 5.41) is 5.15. The molecule has 3 aromatic rings. The summed E-state index contributed by atoms with van der Waals surface area (Å²) in [4.78, 5) is 31.8. The molecule has 5 nitrogen and oxygen atoms in total. The van der Waals surface area contributed by atoms with Gasteiger partial charge < -0.3 is 4.90 Å². The van der Waals surface area contributed by atoms with E-state index in [9.17, 15) is 9.59 Å². The molecule has 0 spiro atoms. The molecule has 1 aliphatic rings. The predicted octanol–water partition coefficient (Wildman–Crippen LogP) is 4.08. The number of amides is 2. The number of fused-ring (bicyclic) bond motifs is 1. The lowest BCUT2D eigenvalue weighted by Crippen LogP contribution is -2.37. The van der Waals surface area contributed by atoms with E-state index in [1.54, 1.807) is 16.5 Å². The number of thiazole rings is 1. The van der Waals surface area contributed by atoms with Crippen molar-refractivity contribution in [1.82, 2.24) is 9.88 Å². The summed E-state index contributed by atoms with van der Waals surface area (Å²) in [6.45, 7) is 0.413. The fourth-order valence-electron chi connectivity index (χ4n) is 3.07. The van der Waals surface area contributed by atoms with E-state index >= 15 is 0 Å². The van der Waals surface area contributed by atoms with Crippen LogP contribution in [0.4, 0.5) is 5.13 Å². The molecule has 0 bridgehead atoms. The molecular weight excluding hydrogens is 461 g/mol. The van der Waals surface area contributed by atoms with Gasteiger partial charge in [0.15, 0.2) is 5.13 Å². The van der Waals surface area contributed by atoms with E-state index in [0.717, 1.165) is 14.7 Å². The summed E-state index contributed by atoms with van der Waals surface area (Å²) in [6, 6.07) is 14.5. The highest BCUT2D eigenvalue weighted by atomic mass is 127. The van der Waals surface area contributed by atoms with Crippen molar-refractivity contribution in [1.29, 1.82) is 0 Å². The number of anilines is 1. The van der Waals surface area contributed by atoms with Gasteiger partial charge in [-0.1, -0.05) is 36.4 Å². The van der Waals surface area contributed by atoms with Gasteiger partial charge in [-0.05, 0) is 45.9 Å². The van der Waals surface area contributed by atoms with E-state index in [-0.39, 0.29) is 11.8 Å². The molecule has 4 rings (SSSR count). The minimum absolute atomic E-state index is 0.123. The first-order chi connectivity index (χ1) is 12.6. The van der Waals surface area contributed by atoms with E-state index in [0.29, 0.717) is 17.2 Å². The Labute approximate surface area is 168 Å². The Morgan fingerprint density at radius 1 is 1.23 bits per heavy atom. The number of nitrogens with zero attached hydrogens (tertiary/aromatic N) is 2. The third-order valence-electron chi connectivity index (χ3n) is 4.24. The number of nitrogens with one attached hydrogen (secondary N) is 1. The molecule has 0 radical (unpaired) electrons. The SMILES string of the molecule is O=C(Nc1nccs1)[C@@H](c1ccccc1)N1Cc2ccc(I)cc2C1=O. The zero-order chi connectivity index (χ0) is 18.1. The highest BCUT2D eigenvalue weighted by Crippen LogP contribution is 2.33. The van der Waals surface area contributed by atoms with Crippen LogP contribution in [-0.4, -0.2) is 21.7 Å². The van der Waals surface area contributed by atoms with Gasteiger partial charge in [-0.3, -0.25) is 14.9 Å². The molecule has 2 heterocycles. The molecule has 0 saturated carbocycles. The molecule has 26 heavy (non-hydrogen) atoms. The van der Waals surface area contributed by atoms with Crippen LogP contribution in [0.25, 0.3) is 0 Å². The fourth-order valence-corrected chi connectivity index (χ4v) is 4.09. The average molecular weight is 475 g/mol. The minimum Gasteiger partial charge on any atom is -0.318 e. The minimum atomic E-state index is -0.710. The second-order valence-electron chi connectivity index (χ2n) is 5.87. The van der Waals surface area contributed by atoms with Crippen molar-refractivity contribution in [3.8, 4) is 0 Å².